The van der Waals surface area contributed by atoms with Crippen molar-refractivity contribution in [3.05, 3.63) is 82.0 Å². The third-order valence-corrected chi connectivity index (χ3v) is 6.53. The van der Waals surface area contributed by atoms with Crippen molar-refractivity contribution in [1.82, 2.24) is 14.2 Å². The van der Waals surface area contributed by atoms with E-state index in [9.17, 15) is 14.9 Å². The fourth-order valence-corrected chi connectivity index (χ4v) is 4.60. The number of benzene rings is 1. The Balaban J connectivity index is 1.77. The van der Waals surface area contributed by atoms with E-state index >= 15 is 0 Å². The molecule has 3 N–H and O–H groups in total. The number of carbonyl (C=O) groups is 1. The predicted octanol–water partition coefficient (Wildman–Crippen LogP) is 4.25. The fourth-order valence-electron chi connectivity index (χ4n) is 4.43. The summed E-state index contributed by atoms with van der Waals surface area (Å²) in [5, 5.41) is 17.1. The molecule has 0 bridgehead atoms. The highest BCUT2D eigenvalue weighted by molar-refractivity contribution is 6.31. The standard InChI is InChI=1S/C27H27ClN6O3/c1-17(4-3-9-29)26(27(36)32-20-8-11-34-21(13-20)7-10-31-34)33-16-24(37-2)23(14-25(33)35)22-12-19(28)6-5-18(22)15-30/h5-8,10-14,16-17,26H,3-4,9,29H2,1-2H3,(H,32,36). The molecule has 3 heterocycles. The first-order valence-corrected chi connectivity index (χ1v) is 12.2. The molecule has 0 aliphatic rings. The van der Waals surface area contributed by atoms with E-state index in [2.05, 4.69) is 16.5 Å². The number of pyridine rings is 2. The Bertz CT molecular complexity index is 1540. The van der Waals surface area contributed by atoms with Crippen molar-refractivity contribution < 1.29 is 9.53 Å². The van der Waals surface area contributed by atoms with Crippen molar-refractivity contribution in [2.24, 2.45) is 11.7 Å². The number of halogens is 1. The smallest absolute Gasteiger partial charge is 0.252 e. The summed E-state index contributed by atoms with van der Waals surface area (Å²) in [4.78, 5) is 27.1. The maximum absolute atomic E-state index is 13.6. The lowest BCUT2D eigenvalue weighted by Gasteiger charge is -2.26. The van der Waals surface area contributed by atoms with Gasteiger partial charge in [-0.2, -0.15) is 10.4 Å². The average molecular weight is 519 g/mol. The number of anilines is 1. The van der Waals surface area contributed by atoms with Gasteiger partial charge in [-0.25, -0.2) is 4.52 Å². The molecule has 0 saturated carbocycles. The van der Waals surface area contributed by atoms with Gasteiger partial charge in [-0.3, -0.25) is 14.2 Å². The molecule has 0 spiro atoms. The SMILES string of the molecule is COc1cn(C(C(=O)Nc2ccn3nccc3c2)C(C)CCCN)c(=O)cc1-c1cc(Cl)ccc1C#N. The molecule has 2 unspecified atom stereocenters. The summed E-state index contributed by atoms with van der Waals surface area (Å²) in [5.41, 5.74) is 7.96. The highest BCUT2D eigenvalue weighted by Gasteiger charge is 2.29. The lowest BCUT2D eigenvalue weighted by Crippen LogP contribution is -2.37. The second kappa shape index (κ2) is 11.3. The summed E-state index contributed by atoms with van der Waals surface area (Å²) in [6, 6.07) is 12.9. The van der Waals surface area contributed by atoms with Crippen molar-refractivity contribution in [3.8, 4) is 22.9 Å². The number of nitrogens with zero attached hydrogens (tertiary/aromatic N) is 4. The first-order chi connectivity index (χ1) is 17.9. The second-order valence-corrected chi connectivity index (χ2v) is 9.20. The fraction of sp³-hybridized carbons (Fsp3) is 0.259. The van der Waals surface area contributed by atoms with Gasteiger partial charge >= 0.3 is 0 Å². The molecule has 1 amide bonds. The minimum Gasteiger partial charge on any atom is -0.495 e. The normalized spacial score (nSPS) is 12.6. The van der Waals surface area contributed by atoms with Crippen LogP contribution in [0, 0.1) is 17.2 Å². The second-order valence-electron chi connectivity index (χ2n) is 8.76. The Morgan fingerprint density at radius 1 is 1.24 bits per heavy atom. The number of nitriles is 1. The van der Waals surface area contributed by atoms with Crippen molar-refractivity contribution in [1.29, 1.82) is 5.26 Å². The van der Waals surface area contributed by atoms with Gasteiger partial charge in [0, 0.05) is 40.3 Å². The molecule has 190 valence electrons. The van der Waals surface area contributed by atoms with Crippen LogP contribution < -0.4 is 21.3 Å². The number of ether oxygens (including phenoxy) is 1. The van der Waals surface area contributed by atoms with Gasteiger partial charge in [-0.05, 0) is 61.7 Å². The van der Waals surface area contributed by atoms with Crippen LogP contribution in [0.25, 0.3) is 16.6 Å². The number of carbonyl (C=O) groups excluding carboxylic acids is 1. The van der Waals surface area contributed by atoms with Crippen LogP contribution in [0.15, 0.2) is 65.8 Å². The molecule has 10 heteroatoms. The number of nitrogens with two attached hydrogens (primary N) is 1. The van der Waals surface area contributed by atoms with Gasteiger partial charge in [0.1, 0.15) is 11.8 Å². The maximum atomic E-state index is 13.6. The van der Waals surface area contributed by atoms with Crippen LogP contribution in [0.1, 0.15) is 31.4 Å². The Morgan fingerprint density at radius 3 is 2.78 bits per heavy atom. The monoisotopic (exact) mass is 518 g/mol. The van der Waals surface area contributed by atoms with Crippen LogP contribution in [0.4, 0.5) is 5.69 Å². The molecule has 4 rings (SSSR count). The largest absolute Gasteiger partial charge is 0.495 e. The van der Waals surface area contributed by atoms with Crippen molar-refractivity contribution in [3.63, 3.8) is 0 Å². The minimum absolute atomic E-state index is 0.212. The molecule has 0 aliphatic heterocycles. The molecule has 1 aromatic carbocycles. The van der Waals surface area contributed by atoms with Gasteiger partial charge in [-0.1, -0.05) is 18.5 Å². The highest BCUT2D eigenvalue weighted by atomic mass is 35.5. The maximum Gasteiger partial charge on any atom is 0.252 e. The molecule has 37 heavy (non-hydrogen) atoms. The summed E-state index contributed by atoms with van der Waals surface area (Å²) in [6.45, 7) is 2.39. The Hall–Kier alpha value is -4.13. The van der Waals surface area contributed by atoms with E-state index < -0.39 is 11.6 Å². The first kappa shape index (κ1) is 25.9. The summed E-state index contributed by atoms with van der Waals surface area (Å²) >= 11 is 6.18. The molecular weight excluding hydrogens is 492 g/mol. The van der Waals surface area contributed by atoms with Crippen LogP contribution in [0.5, 0.6) is 5.75 Å². The number of hydrogen-bond donors (Lipinski definition) is 2. The molecule has 0 saturated heterocycles. The topological polar surface area (TPSA) is 127 Å². The van der Waals surface area contributed by atoms with E-state index in [-0.39, 0.29) is 11.8 Å². The zero-order chi connectivity index (χ0) is 26.5. The van der Waals surface area contributed by atoms with Crippen LogP contribution >= 0.6 is 11.6 Å². The van der Waals surface area contributed by atoms with Gasteiger partial charge in [0.2, 0.25) is 5.91 Å². The van der Waals surface area contributed by atoms with E-state index in [1.54, 1.807) is 41.2 Å². The van der Waals surface area contributed by atoms with Crippen LogP contribution in [-0.2, 0) is 4.79 Å². The summed E-state index contributed by atoms with van der Waals surface area (Å²) < 4.78 is 8.68. The Labute approximate surface area is 219 Å². The molecule has 9 nitrogen and oxygen atoms in total. The van der Waals surface area contributed by atoms with Crippen LogP contribution in [0.2, 0.25) is 5.02 Å². The molecule has 0 aliphatic carbocycles. The predicted molar refractivity (Wildman–Crippen MR) is 143 cm³/mol. The van der Waals surface area contributed by atoms with Gasteiger partial charge in [0.15, 0.2) is 0 Å². The van der Waals surface area contributed by atoms with Crippen molar-refractivity contribution >= 4 is 28.7 Å². The molecular formula is C27H27ClN6O3. The third-order valence-electron chi connectivity index (χ3n) is 6.29. The quantitative estimate of drug-likeness (QED) is 0.341. The molecule has 3 aromatic heterocycles. The summed E-state index contributed by atoms with van der Waals surface area (Å²) in [7, 11) is 1.47. The van der Waals surface area contributed by atoms with Crippen LogP contribution in [-0.4, -0.2) is 33.7 Å². The lowest BCUT2D eigenvalue weighted by molar-refractivity contribution is -0.120. The number of hydrogen-bond acceptors (Lipinski definition) is 6. The van der Waals surface area contributed by atoms with E-state index in [1.807, 2.05) is 19.1 Å². The lowest BCUT2D eigenvalue weighted by atomic mass is 9.94. The highest BCUT2D eigenvalue weighted by Crippen LogP contribution is 2.34. The number of fused-ring (bicyclic) bond motifs is 1. The number of aromatic nitrogens is 3. The van der Waals surface area contributed by atoms with E-state index in [0.29, 0.717) is 52.5 Å². The Kier molecular flexibility index (Phi) is 7.92. The van der Waals surface area contributed by atoms with Crippen molar-refractivity contribution in [2.45, 2.75) is 25.8 Å². The molecule has 2 atom stereocenters. The van der Waals surface area contributed by atoms with Gasteiger partial charge < -0.3 is 15.8 Å². The van der Waals surface area contributed by atoms with Crippen molar-refractivity contribution in [2.75, 3.05) is 19.0 Å². The summed E-state index contributed by atoms with van der Waals surface area (Å²) in [6.07, 6.45) is 6.27. The molecule has 0 radical (unpaired) electrons. The molecule has 0 fully saturated rings. The number of methoxy groups -OCH3 is 1. The first-order valence-electron chi connectivity index (χ1n) is 11.8. The van der Waals surface area contributed by atoms with Gasteiger partial charge in [0.05, 0.1) is 30.5 Å². The van der Waals surface area contributed by atoms with E-state index in [4.69, 9.17) is 22.1 Å². The molecule has 4 aromatic rings. The number of nitrogens with one attached hydrogen (secondary N) is 1. The number of rotatable bonds is 9. The van der Waals surface area contributed by atoms with Gasteiger partial charge in [0.25, 0.3) is 5.56 Å². The minimum atomic E-state index is -0.835. The summed E-state index contributed by atoms with van der Waals surface area (Å²) in [5.74, 6) is -0.218. The van der Waals surface area contributed by atoms with E-state index in [1.165, 1.54) is 23.9 Å². The average Bonchev–Trinajstić information content (AvgIpc) is 3.36. The zero-order valence-electron chi connectivity index (χ0n) is 20.5. The van der Waals surface area contributed by atoms with Crippen LogP contribution in [0.3, 0.4) is 0 Å². The zero-order valence-corrected chi connectivity index (χ0v) is 21.3. The third kappa shape index (κ3) is 5.50. The number of amides is 1. The van der Waals surface area contributed by atoms with E-state index in [0.717, 1.165) is 5.52 Å². The Morgan fingerprint density at radius 2 is 2.05 bits per heavy atom. The van der Waals surface area contributed by atoms with Gasteiger partial charge in [-0.15, -0.1) is 0 Å².